The van der Waals surface area contributed by atoms with Crippen LogP contribution in [0.4, 0.5) is 5.82 Å². The van der Waals surface area contributed by atoms with Crippen LogP contribution in [0.1, 0.15) is 37.1 Å². The fraction of sp³-hybridized carbons (Fsp3) is 0.389. The van der Waals surface area contributed by atoms with Gasteiger partial charge in [0, 0.05) is 17.1 Å². The normalized spacial score (nSPS) is 14.8. The van der Waals surface area contributed by atoms with E-state index in [1.807, 2.05) is 42.8 Å². The van der Waals surface area contributed by atoms with Gasteiger partial charge in [-0.15, -0.1) is 12.4 Å². The van der Waals surface area contributed by atoms with Crippen molar-refractivity contribution in [2.45, 2.75) is 45.6 Å². The van der Waals surface area contributed by atoms with Gasteiger partial charge in [-0.3, -0.25) is 0 Å². The largest absolute Gasteiger partial charge is 0.367 e. The molecule has 24 heavy (non-hydrogen) atoms. The number of anilines is 1. The topological polar surface area (TPSA) is 55.6 Å². The number of aromatic nitrogens is 4. The molecule has 3 aromatic rings. The van der Waals surface area contributed by atoms with E-state index in [-0.39, 0.29) is 12.4 Å². The van der Waals surface area contributed by atoms with Crippen LogP contribution in [-0.2, 0) is 0 Å². The van der Waals surface area contributed by atoms with Gasteiger partial charge in [0.2, 0.25) is 0 Å². The van der Waals surface area contributed by atoms with E-state index in [4.69, 9.17) is 9.97 Å². The average molecular weight is 344 g/mol. The molecular weight excluding hydrogens is 322 g/mol. The van der Waals surface area contributed by atoms with Gasteiger partial charge >= 0.3 is 0 Å². The number of nitrogens with zero attached hydrogens (tertiary/aromatic N) is 4. The summed E-state index contributed by atoms with van der Waals surface area (Å²) in [7, 11) is 0. The Morgan fingerprint density at radius 3 is 2.54 bits per heavy atom. The summed E-state index contributed by atoms with van der Waals surface area (Å²) in [5.41, 5.74) is 2.97. The third-order valence-corrected chi connectivity index (χ3v) is 4.49. The van der Waals surface area contributed by atoms with E-state index >= 15 is 0 Å². The summed E-state index contributed by atoms with van der Waals surface area (Å²) < 4.78 is 1.82. The highest BCUT2D eigenvalue weighted by atomic mass is 35.5. The number of hydrogen-bond donors (Lipinski definition) is 1. The standard InChI is InChI=1S/C18H21N5.ClH/c1-12-11-13(2)23(22-12)18-20-16-10-6-5-9-15(16)17(21-18)19-14-7-3-4-8-14;/h5-6,9-11,14H,3-4,7-8H2,1-2H3,(H,19,20,21);1H. The molecule has 0 aliphatic heterocycles. The van der Waals surface area contributed by atoms with Crippen molar-refractivity contribution in [1.82, 2.24) is 19.7 Å². The van der Waals surface area contributed by atoms with Crippen LogP contribution in [0.5, 0.6) is 0 Å². The molecule has 5 nitrogen and oxygen atoms in total. The Hall–Kier alpha value is -2.14. The van der Waals surface area contributed by atoms with Crippen LogP contribution in [0.15, 0.2) is 30.3 Å². The minimum absolute atomic E-state index is 0. The number of nitrogens with one attached hydrogen (secondary N) is 1. The Bertz CT molecular complexity index is 852. The minimum atomic E-state index is 0. The number of halogens is 1. The molecule has 6 heteroatoms. The van der Waals surface area contributed by atoms with Gasteiger partial charge in [0.1, 0.15) is 5.82 Å². The van der Waals surface area contributed by atoms with Gasteiger partial charge in [0.25, 0.3) is 5.95 Å². The molecule has 1 N–H and O–H groups in total. The van der Waals surface area contributed by atoms with Gasteiger partial charge in [-0.05, 0) is 44.9 Å². The van der Waals surface area contributed by atoms with Crippen LogP contribution in [0.2, 0.25) is 0 Å². The van der Waals surface area contributed by atoms with Crippen molar-refractivity contribution >= 4 is 29.1 Å². The van der Waals surface area contributed by atoms with Crippen molar-refractivity contribution in [2.24, 2.45) is 0 Å². The molecule has 1 aliphatic rings. The van der Waals surface area contributed by atoms with E-state index in [2.05, 4.69) is 16.5 Å². The fourth-order valence-corrected chi connectivity index (χ4v) is 3.36. The summed E-state index contributed by atoms with van der Waals surface area (Å²) in [6, 6.07) is 10.7. The van der Waals surface area contributed by atoms with Crippen LogP contribution in [0.3, 0.4) is 0 Å². The smallest absolute Gasteiger partial charge is 0.253 e. The lowest BCUT2D eigenvalue weighted by Crippen LogP contribution is -2.17. The zero-order valence-corrected chi connectivity index (χ0v) is 14.8. The molecule has 1 fully saturated rings. The predicted octanol–water partition coefficient (Wildman–Crippen LogP) is 4.21. The maximum absolute atomic E-state index is 4.79. The molecule has 0 unspecified atom stereocenters. The van der Waals surface area contributed by atoms with Crippen LogP contribution in [0.25, 0.3) is 16.9 Å². The quantitative estimate of drug-likeness (QED) is 0.774. The number of benzene rings is 1. The molecule has 0 amide bonds. The second-order valence-corrected chi connectivity index (χ2v) is 6.35. The van der Waals surface area contributed by atoms with Crippen molar-refractivity contribution in [1.29, 1.82) is 0 Å². The van der Waals surface area contributed by atoms with E-state index in [9.17, 15) is 0 Å². The highest BCUT2D eigenvalue weighted by Crippen LogP contribution is 2.26. The zero-order chi connectivity index (χ0) is 15.8. The van der Waals surface area contributed by atoms with Crippen molar-refractivity contribution < 1.29 is 0 Å². The van der Waals surface area contributed by atoms with Crippen molar-refractivity contribution in [3.05, 3.63) is 41.7 Å². The Labute approximate surface area is 147 Å². The summed E-state index contributed by atoms with van der Waals surface area (Å²) in [6.45, 7) is 4.02. The van der Waals surface area contributed by atoms with Gasteiger partial charge in [0.15, 0.2) is 0 Å². The first-order valence-corrected chi connectivity index (χ1v) is 8.28. The monoisotopic (exact) mass is 343 g/mol. The van der Waals surface area contributed by atoms with Crippen LogP contribution in [-0.4, -0.2) is 25.8 Å². The van der Waals surface area contributed by atoms with Crippen molar-refractivity contribution in [3.8, 4) is 5.95 Å². The lowest BCUT2D eigenvalue weighted by molar-refractivity contribution is 0.742. The molecule has 0 saturated heterocycles. The molecule has 1 aliphatic carbocycles. The summed E-state index contributed by atoms with van der Waals surface area (Å²) in [4.78, 5) is 9.49. The lowest BCUT2D eigenvalue weighted by atomic mass is 10.2. The van der Waals surface area contributed by atoms with Gasteiger partial charge in [-0.2, -0.15) is 10.1 Å². The lowest BCUT2D eigenvalue weighted by Gasteiger charge is -2.15. The fourth-order valence-electron chi connectivity index (χ4n) is 3.36. The van der Waals surface area contributed by atoms with Gasteiger partial charge in [0.05, 0.1) is 11.2 Å². The number of rotatable bonds is 3. The summed E-state index contributed by atoms with van der Waals surface area (Å²) in [5, 5.41) is 9.23. The number of aryl methyl sites for hydroxylation is 2. The first-order chi connectivity index (χ1) is 11.2. The van der Waals surface area contributed by atoms with Gasteiger partial charge in [-0.1, -0.05) is 25.0 Å². The maximum atomic E-state index is 4.79. The Morgan fingerprint density at radius 2 is 1.83 bits per heavy atom. The van der Waals surface area contributed by atoms with Crippen LogP contribution < -0.4 is 5.32 Å². The van der Waals surface area contributed by atoms with Gasteiger partial charge < -0.3 is 5.32 Å². The summed E-state index contributed by atoms with van der Waals surface area (Å²) >= 11 is 0. The highest BCUT2D eigenvalue weighted by Gasteiger charge is 2.18. The third-order valence-electron chi connectivity index (χ3n) is 4.49. The van der Waals surface area contributed by atoms with Crippen LogP contribution in [0, 0.1) is 13.8 Å². The molecule has 126 valence electrons. The second kappa shape index (κ2) is 6.77. The van der Waals surface area contributed by atoms with Gasteiger partial charge in [-0.25, -0.2) is 9.67 Å². The molecule has 0 spiro atoms. The van der Waals surface area contributed by atoms with E-state index in [1.165, 1.54) is 25.7 Å². The first kappa shape index (κ1) is 16.7. The highest BCUT2D eigenvalue weighted by molar-refractivity contribution is 5.89. The molecule has 4 rings (SSSR count). The summed E-state index contributed by atoms with van der Waals surface area (Å²) in [6.07, 6.45) is 5.02. The zero-order valence-electron chi connectivity index (χ0n) is 14.0. The molecule has 1 aromatic carbocycles. The van der Waals surface area contributed by atoms with E-state index in [0.717, 1.165) is 28.1 Å². The van der Waals surface area contributed by atoms with E-state index < -0.39 is 0 Å². The molecule has 1 saturated carbocycles. The van der Waals surface area contributed by atoms with E-state index in [0.29, 0.717) is 12.0 Å². The Balaban J connectivity index is 0.00000169. The molecule has 0 bridgehead atoms. The second-order valence-electron chi connectivity index (χ2n) is 6.35. The van der Waals surface area contributed by atoms with Crippen LogP contribution >= 0.6 is 12.4 Å². The molecule has 2 heterocycles. The Kier molecular flexibility index (Phi) is 4.71. The molecular formula is C18H22ClN5. The SMILES string of the molecule is Cc1cc(C)n(-c2nc(NC3CCCC3)c3ccccc3n2)n1.Cl. The first-order valence-electron chi connectivity index (χ1n) is 8.28. The molecule has 0 atom stereocenters. The predicted molar refractivity (Wildman–Crippen MR) is 99.3 cm³/mol. The molecule has 0 radical (unpaired) electrons. The third kappa shape index (κ3) is 3.08. The number of fused-ring (bicyclic) bond motifs is 1. The minimum Gasteiger partial charge on any atom is -0.367 e. The van der Waals surface area contributed by atoms with Crippen molar-refractivity contribution in [3.63, 3.8) is 0 Å². The number of hydrogen-bond acceptors (Lipinski definition) is 4. The summed E-state index contributed by atoms with van der Waals surface area (Å²) in [5.74, 6) is 1.56. The molecule has 2 aromatic heterocycles. The Morgan fingerprint density at radius 1 is 1.08 bits per heavy atom. The maximum Gasteiger partial charge on any atom is 0.253 e. The number of para-hydroxylation sites is 1. The van der Waals surface area contributed by atoms with Crippen molar-refractivity contribution in [2.75, 3.05) is 5.32 Å². The average Bonchev–Trinajstić information content (AvgIpc) is 3.16. The van der Waals surface area contributed by atoms with E-state index in [1.54, 1.807) is 0 Å².